The normalized spacial score (nSPS) is 18.6. The van der Waals surface area contributed by atoms with Gasteiger partial charge in [0.25, 0.3) is 0 Å². The number of thioether (sulfide) groups is 1. The Kier molecular flexibility index (Phi) is 7.35. The number of rotatable bonds is 8. The molecule has 2 heterocycles. The van der Waals surface area contributed by atoms with Crippen molar-refractivity contribution in [3.8, 4) is 17.1 Å². The predicted octanol–water partition coefficient (Wildman–Crippen LogP) is 6.81. The van der Waals surface area contributed by atoms with Crippen LogP contribution in [0, 0.1) is 5.92 Å². The summed E-state index contributed by atoms with van der Waals surface area (Å²) in [6.45, 7) is 7.55. The van der Waals surface area contributed by atoms with Crippen LogP contribution in [0.15, 0.2) is 107 Å². The maximum absolute atomic E-state index is 4.52. The second-order valence-corrected chi connectivity index (χ2v) is 10.2. The van der Waals surface area contributed by atoms with Crippen molar-refractivity contribution < 1.29 is 1.43 Å². The Bertz CT molecular complexity index is 1310. The maximum Gasteiger partial charge on any atom is 0.196 e. The van der Waals surface area contributed by atoms with Crippen LogP contribution in [0.5, 0.6) is 0 Å². The van der Waals surface area contributed by atoms with Crippen molar-refractivity contribution in [2.45, 2.75) is 44.3 Å². The molecular weight excluding hydrogens is 462 g/mol. The molecular formula is C30H35N5S. The molecule has 0 bridgehead atoms. The highest BCUT2D eigenvalue weighted by atomic mass is 32.2. The quantitative estimate of drug-likeness (QED) is 0.346. The van der Waals surface area contributed by atoms with Gasteiger partial charge >= 0.3 is 0 Å². The fourth-order valence-corrected chi connectivity index (χ4v) is 5.84. The van der Waals surface area contributed by atoms with Gasteiger partial charge in [0.05, 0.1) is 5.54 Å². The largest absolute Gasteiger partial charge is 0.303 e. The van der Waals surface area contributed by atoms with Crippen LogP contribution in [0.2, 0.25) is 0 Å². The molecule has 3 aromatic rings. The van der Waals surface area contributed by atoms with Gasteiger partial charge in [0.15, 0.2) is 11.0 Å². The first-order chi connectivity index (χ1) is 17.7. The molecule has 0 radical (unpaired) electrons. The van der Waals surface area contributed by atoms with Crippen molar-refractivity contribution >= 4 is 11.8 Å². The maximum atomic E-state index is 4.52. The van der Waals surface area contributed by atoms with Crippen molar-refractivity contribution in [3.63, 3.8) is 0 Å². The van der Waals surface area contributed by atoms with Crippen LogP contribution in [0.1, 0.15) is 35.0 Å². The smallest absolute Gasteiger partial charge is 0.196 e. The molecule has 5 nitrogen and oxygen atoms in total. The van der Waals surface area contributed by atoms with E-state index in [0.717, 1.165) is 40.4 Å². The molecule has 2 aromatic heterocycles. The summed E-state index contributed by atoms with van der Waals surface area (Å²) in [5.41, 5.74) is 6.48. The number of benzene rings is 1. The van der Waals surface area contributed by atoms with Crippen LogP contribution < -0.4 is 5.32 Å². The number of para-hydroxylation sites is 1. The lowest BCUT2D eigenvalue weighted by atomic mass is 9.97. The van der Waals surface area contributed by atoms with Crippen LogP contribution in [0.25, 0.3) is 17.1 Å². The summed E-state index contributed by atoms with van der Waals surface area (Å²) in [6.07, 6.45) is 17.3. The zero-order valence-corrected chi connectivity index (χ0v) is 22.0. The number of hydrogen-bond acceptors (Lipinski definition) is 5. The average Bonchev–Trinajstić information content (AvgIpc) is 3.17. The fraction of sp³-hybridized carbons (Fsp3) is 0.300. The number of hydrogen-bond donors (Lipinski definition) is 1. The molecule has 1 aromatic carbocycles. The van der Waals surface area contributed by atoms with E-state index in [1.54, 1.807) is 24.2 Å². The summed E-state index contributed by atoms with van der Waals surface area (Å²) in [4.78, 5) is 4.12. The van der Waals surface area contributed by atoms with Gasteiger partial charge in [-0.25, -0.2) is 0 Å². The SMILES string of the molecule is CCC1=CCC(C)C=C1.CCNC1(CSc2nnc(-c3ccncc3)n2-c2ccccc2)C2=C1C=C2.[HH]. The van der Waals surface area contributed by atoms with Crippen molar-refractivity contribution in [3.05, 3.63) is 102 Å². The molecule has 36 heavy (non-hydrogen) atoms. The van der Waals surface area contributed by atoms with Crippen molar-refractivity contribution in [2.24, 2.45) is 5.92 Å². The summed E-state index contributed by atoms with van der Waals surface area (Å²) in [6, 6.07) is 14.2. The van der Waals surface area contributed by atoms with E-state index in [0.29, 0.717) is 0 Å². The van der Waals surface area contributed by atoms with Crippen molar-refractivity contribution in [1.29, 1.82) is 0 Å². The lowest BCUT2D eigenvalue weighted by Gasteiger charge is -2.18. The third kappa shape index (κ3) is 4.88. The standard InChI is InChI=1S/C21H19N5S.C9H14.H2/c1-2-23-21(17-8-9-18(17)21)14-27-20-25-24-19(15-10-12-22-13-11-15)26(20)16-6-4-3-5-7-16;1-3-9-6-4-8(2)5-7-9;/h3-13,23H,2,14H2,1H3;4,6-8H,3,5H2,1-2H3;1H. The van der Waals surface area contributed by atoms with E-state index < -0.39 is 0 Å². The Balaban J connectivity index is 0.000000274. The molecule has 3 aliphatic carbocycles. The molecule has 1 N–H and O–H groups in total. The van der Waals surface area contributed by atoms with Gasteiger partial charge in [-0.05, 0) is 60.7 Å². The minimum atomic E-state index is 0. The fourth-order valence-electron chi connectivity index (χ4n) is 4.66. The molecule has 6 rings (SSSR count). The Labute approximate surface area is 219 Å². The van der Waals surface area contributed by atoms with Crippen molar-refractivity contribution in [1.82, 2.24) is 25.1 Å². The number of nitrogens with one attached hydrogen (secondary N) is 1. The van der Waals surface area contributed by atoms with Gasteiger partial charge in [-0.2, -0.15) is 0 Å². The number of pyridine rings is 1. The van der Waals surface area contributed by atoms with Crippen molar-refractivity contribution in [2.75, 3.05) is 12.3 Å². The van der Waals surface area contributed by atoms with Gasteiger partial charge in [0, 0.05) is 30.8 Å². The predicted molar refractivity (Wildman–Crippen MR) is 151 cm³/mol. The third-order valence-electron chi connectivity index (χ3n) is 6.85. The van der Waals surface area contributed by atoms with E-state index in [1.165, 1.54) is 29.6 Å². The number of aromatic nitrogens is 4. The average molecular weight is 498 g/mol. The van der Waals surface area contributed by atoms with E-state index in [4.69, 9.17) is 0 Å². The molecule has 0 spiro atoms. The number of allylic oxidation sites excluding steroid dienone is 4. The Morgan fingerprint density at radius 1 is 1.03 bits per heavy atom. The second-order valence-electron chi connectivity index (χ2n) is 9.30. The summed E-state index contributed by atoms with van der Waals surface area (Å²) >= 11 is 1.74. The molecule has 3 aliphatic rings. The van der Waals surface area contributed by atoms with Gasteiger partial charge in [-0.3, -0.25) is 9.55 Å². The van der Waals surface area contributed by atoms with Crippen LogP contribution in [0.3, 0.4) is 0 Å². The van der Waals surface area contributed by atoms with Gasteiger partial charge < -0.3 is 5.32 Å². The second kappa shape index (κ2) is 10.8. The van der Waals surface area contributed by atoms with E-state index in [2.05, 4.69) is 88.3 Å². The molecule has 0 fully saturated rings. The Hall–Kier alpha value is -3.22. The number of nitrogens with zero attached hydrogens (tertiary/aromatic N) is 4. The zero-order chi connectivity index (χ0) is 25.0. The monoisotopic (exact) mass is 497 g/mol. The molecule has 0 amide bonds. The summed E-state index contributed by atoms with van der Waals surface area (Å²) in [7, 11) is 0. The topological polar surface area (TPSA) is 55.6 Å². The first-order valence-corrected chi connectivity index (χ1v) is 13.7. The first-order valence-electron chi connectivity index (χ1n) is 12.8. The summed E-state index contributed by atoms with van der Waals surface area (Å²) in [5.74, 6) is 2.51. The van der Waals surface area contributed by atoms with Crippen LogP contribution in [-0.2, 0) is 0 Å². The molecule has 0 saturated carbocycles. The highest BCUT2D eigenvalue weighted by Gasteiger charge is 2.54. The zero-order valence-electron chi connectivity index (χ0n) is 21.2. The molecule has 6 heteroatoms. The molecule has 1 unspecified atom stereocenters. The highest BCUT2D eigenvalue weighted by molar-refractivity contribution is 7.99. The van der Waals surface area contributed by atoms with Crippen LogP contribution in [0.4, 0.5) is 0 Å². The van der Waals surface area contributed by atoms with Crippen LogP contribution >= 0.6 is 11.8 Å². The van der Waals surface area contributed by atoms with Gasteiger partial charge in [0.2, 0.25) is 0 Å². The van der Waals surface area contributed by atoms with Gasteiger partial charge in [0.1, 0.15) is 0 Å². The Morgan fingerprint density at radius 3 is 2.39 bits per heavy atom. The Morgan fingerprint density at radius 2 is 1.78 bits per heavy atom. The number of likely N-dealkylation sites (N-methyl/N-ethyl adjacent to an activating group) is 1. The van der Waals surface area contributed by atoms with Gasteiger partial charge in [-0.15, -0.1) is 10.2 Å². The van der Waals surface area contributed by atoms with E-state index in [1.807, 2.05) is 30.3 Å². The molecule has 1 atom stereocenters. The molecule has 0 aliphatic heterocycles. The highest BCUT2D eigenvalue weighted by Crippen LogP contribution is 2.54. The third-order valence-corrected chi connectivity index (χ3v) is 7.95. The first kappa shape index (κ1) is 24.5. The molecule has 0 saturated heterocycles. The van der Waals surface area contributed by atoms with E-state index >= 15 is 0 Å². The van der Waals surface area contributed by atoms with E-state index in [-0.39, 0.29) is 6.97 Å². The lowest BCUT2D eigenvalue weighted by Crippen LogP contribution is -2.37. The summed E-state index contributed by atoms with van der Waals surface area (Å²) < 4.78 is 2.13. The van der Waals surface area contributed by atoms with Gasteiger partial charge in [-0.1, -0.05) is 86.7 Å². The van der Waals surface area contributed by atoms with Crippen LogP contribution in [-0.4, -0.2) is 37.6 Å². The minimum Gasteiger partial charge on any atom is -0.303 e. The van der Waals surface area contributed by atoms with E-state index in [9.17, 15) is 0 Å². The lowest BCUT2D eigenvalue weighted by molar-refractivity contribution is 0.596. The summed E-state index contributed by atoms with van der Waals surface area (Å²) in [5, 5.41) is 13.6. The molecule has 186 valence electrons. The minimum absolute atomic E-state index is 0.